The highest BCUT2D eigenvalue weighted by Crippen LogP contribution is 2.27. The van der Waals surface area contributed by atoms with E-state index in [0.29, 0.717) is 11.1 Å². The highest BCUT2D eigenvalue weighted by Gasteiger charge is 2.24. The maximum absolute atomic E-state index is 12.2. The number of hydrogen-bond donors (Lipinski definition) is 1. The SMILES string of the molecule is N#Cc1ccc(O[C@H]2CC[C@H](NC(=O)c3cccnc3)CC2)cc1Br. The number of pyridine rings is 1. The fourth-order valence-corrected chi connectivity index (χ4v) is 3.39. The molecule has 5 nitrogen and oxygen atoms in total. The molecule has 1 aliphatic rings. The molecule has 0 unspecified atom stereocenters. The molecule has 0 saturated heterocycles. The molecule has 0 aliphatic heterocycles. The molecule has 1 amide bonds. The summed E-state index contributed by atoms with van der Waals surface area (Å²) >= 11 is 3.38. The van der Waals surface area contributed by atoms with E-state index < -0.39 is 0 Å². The van der Waals surface area contributed by atoms with E-state index in [1.807, 2.05) is 12.1 Å². The molecule has 0 spiro atoms. The Labute approximate surface area is 155 Å². The van der Waals surface area contributed by atoms with E-state index >= 15 is 0 Å². The first-order valence-electron chi connectivity index (χ1n) is 8.23. The monoisotopic (exact) mass is 399 g/mol. The van der Waals surface area contributed by atoms with Gasteiger partial charge in [-0.1, -0.05) is 0 Å². The van der Waals surface area contributed by atoms with E-state index in [9.17, 15) is 4.79 Å². The summed E-state index contributed by atoms with van der Waals surface area (Å²) in [5.74, 6) is 0.683. The lowest BCUT2D eigenvalue weighted by Gasteiger charge is -2.29. The second kappa shape index (κ2) is 8.13. The van der Waals surface area contributed by atoms with Crippen LogP contribution in [0.5, 0.6) is 5.75 Å². The smallest absolute Gasteiger partial charge is 0.253 e. The number of hydrogen-bond acceptors (Lipinski definition) is 4. The number of amides is 1. The lowest BCUT2D eigenvalue weighted by molar-refractivity contribution is 0.0893. The van der Waals surface area contributed by atoms with Crippen LogP contribution in [0.4, 0.5) is 0 Å². The molecular weight excluding hydrogens is 382 g/mol. The van der Waals surface area contributed by atoms with Gasteiger partial charge in [0.15, 0.2) is 0 Å². The lowest BCUT2D eigenvalue weighted by atomic mass is 9.92. The summed E-state index contributed by atoms with van der Waals surface area (Å²) in [6, 6.07) is 11.2. The van der Waals surface area contributed by atoms with Gasteiger partial charge in [-0.15, -0.1) is 0 Å². The van der Waals surface area contributed by atoms with Crippen LogP contribution in [0, 0.1) is 11.3 Å². The van der Waals surface area contributed by atoms with E-state index in [4.69, 9.17) is 10.00 Å². The van der Waals surface area contributed by atoms with Gasteiger partial charge in [-0.25, -0.2) is 0 Å². The van der Waals surface area contributed by atoms with Crippen LogP contribution in [0.1, 0.15) is 41.6 Å². The minimum Gasteiger partial charge on any atom is -0.490 e. The van der Waals surface area contributed by atoms with Crippen molar-refractivity contribution in [2.24, 2.45) is 0 Å². The summed E-state index contributed by atoms with van der Waals surface area (Å²) in [5.41, 5.74) is 1.18. The second-order valence-corrected chi connectivity index (χ2v) is 6.91. The Hall–Kier alpha value is -2.39. The predicted molar refractivity (Wildman–Crippen MR) is 97.2 cm³/mol. The van der Waals surface area contributed by atoms with Crippen molar-refractivity contribution >= 4 is 21.8 Å². The predicted octanol–water partition coefficient (Wildman–Crippen LogP) is 3.84. The lowest BCUT2D eigenvalue weighted by Crippen LogP contribution is -2.39. The van der Waals surface area contributed by atoms with E-state index in [1.54, 1.807) is 30.6 Å². The standard InChI is InChI=1S/C19H18BrN3O2/c20-18-10-17(6-3-13(18)11-21)25-16-7-4-15(5-8-16)23-19(24)14-2-1-9-22-12-14/h1-3,6,9-10,12,15-16H,4-5,7-8H2,(H,23,24)/t15-,16-. The maximum Gasteiger partial charge on any atom is 0.253 e. The van der Waals surface area contributed by atoms with Crippen LogP contribution in [-0.4, -0.2) is 23.0 Å². The Morgan fingerprint density at radius 2 is 2.08 bits per heavy atom. The number of nitrogens with one attached hydrogen (secondary N) is 1. The molecular formula is C19H18BrN3O2. The van der Waals surface area contributed by atoms with Crippen LogP contribution in [0.15, 0.2) is 47.2 Å². The van der Waals surface area contributed by atoms with Gasteiger partial charge in [-0.05, 0) is 71.9 Å². The molecule has 25 heavy (non-hydrogen) atoms. The van der Waals surface area contributed by atoms with Crippen LogP contribution in [0.3, 0.4) is 0 Å². The van der Waals surface area contributed by atoms with Crippen LogP contribution >= 0.6 is 15.9 Å². The van der Waals surface area contributed by atoms with Crippen LogP contribution in [0.25, 0.3) is 0 Å². The molecule has 1 aromatic carbocycles. The molecule has 1 aromatic heterocycles. The third kappa shape index (κ3) is 4.58. The molecule has 3 rings (SSSR count). The van der Waals surface area contributed by atoms with Gasteiger partial charge in [-0.2, -0.15) is 5.26 Å². The average Bonchev–Trinajstić information content (AvgIpc) is 2.64. The van der Waals surface area contributed by atoms with E-state index in [-0.39, 0.29) is 18.1 Å². The summed E-state index contributed by atoms with van der Waals surface area (Å²) < 4.78 is 6.75. The second-order valence-electron chi connectivity index (χ2n) is 6.06. The number of ether oxygens (including phenoxy) is 1. The van der Waals surface area contributed by atoms with Crippen LogP contribution in [0.2, 0.25) is 0 Å². The highest BCUT2D eigenvalue weighted by atomic mass is 79.9. The fourth-order valence-electron chi connectivity index (χ4n) is 2.94. The molecule has 0 bridgehead atoms. The van der Waals surface area contributed by atoms with Crippen molar-refractivity contribution in [1.29, 1.82) is 5.26 Å². The van der Waals surface area contributed by atoms with Crippen molar-refractivity contribution in [3.8, 4) is 11.8 Å². The van der Waals surface area contributed by atoms with Crippen molar-refractivity contribution in [3.05, 3.63) is 58.3 Å². The quantitative estimate of drug-likeness (QED) is 0.847. The Bertz CT molecular complexity index is 781. The normalized spacial score (nSPS) is 19.7. The van der Waals surface area contributed by atoms with Gasteiger partial charge in [0.1, 0.15) is 11.8 Å². The number of halogens is 1. The zero-order valence-corrected chi connectivity index (χ0v) is 15.2. The van der Waals surface area contributed by atoms with Gasteiger partial charge in [0.05, 0.1) is 17.2 Å². The van der Waals surface area contributed by atoms with Crippen molar-refractivity contribution in [2.75, 3.05) is 0 Å². The minimum absolute atomic E-state index is 0.0755. The van der Waals surface area contributed by atoms with Gasteiger partial charge in [0, 0.05) is 22.9 Å². The zero-order chi connectivity index (χ0) is 17.6. The number of aromatic nitrogens is 1. The van der Waals surface area contributed by atoms with E-state index in [1.165, 1.54) is 0 Å². The summed E-state index contributed by atoms with van der Waals surface area (Å²) in [7, 11) is 0. The van der Waals surface area contributed by atoms with E-state index in [2.05, 4.69) is 32.3 Å². The number of carbonyl (C=O) groups is 1. The Kier molecular flexibility index (Phi) is 5.67. The summed E-state index contributed by atoms with van der Waals surface area (Å²) in [4.78, 5) is 16.1. The van der Waals surface area contributed by atoms with Gasteiger partial charge in [0.25, 0.3) is 5.91 Å². The molecule has 0 atom stereocenters. The molecule has 1 heterocycles. The number of rotatable bonds is 4. The fraction of sp³-hybridized carbons (Fsp3) is 0.316. The molecule has 128 valence electrons. The Balaban J connectivity index is 1.50. The number of nitriles is 1. The first kappa shape index (κ1) is 17.4. The third-order valence-corrected chi connectivity index (χ3v) is 4.95. The van der Waals surface area contributed by atoms with Gasteiger partial charge >= 0.3 is 0 Å². The van der Waals surface area contributed by atoms with Crippen LogP contribution in [-0.2, 0) is 0 Å². The summed E-state index contributed by atoms with van der Waals surface area (Å²) in [6.45, 7) is 0. The van der Waals surface area contributed by atoms with Crippen molar-refractivity contribution < 1.29 is 9.53 Å². The first-order valence-corrected chi connectivity index (χ1v) is 9.02. The average molecular weight is 400 g/mol. The topological polar surface area (TPSA) is 75.0 Å². The van der Waals surface area contributed by atoms with Gasteiger partial charge in [0.2, 0.25) is 0 Å². The summed E-state index contributed by atoms with van der Waals surface area (Å²) in [6.07, 6.45) is 6.90. The third-order valence-electron chi connectivity index (χ3n) is 4.30. The van der Waals surface area contributed by atoms with Gasteiger partial charge in [-0.3, -0.25) is 9.78 Å². The molecule has 1 aliphatic carbocycles. The minimum atomic E-state index is -0.0755. The van der Waals surface area contributed by atoms with Crippen LogP contribution < -0.4 is 10.1 Å². The van der Waals surface area contributed by atoms with E-state index in [0.717, 1.165) is 35.9 Å². The maximum atomic E-state index is 12.2. The summed E-state index contributed by atoms with van der Waals surface area (Å²) in [5, 5.41) is 12.0. The largest absolute Gasteiger partial charge is 0.490 e. The van der Waals surface area contributed by atoms with Crippen molar-refractivity contribution in [1.82, 2.24) is 10.3 Å². The number of nitrogens with zero attached hydrogens (tertiary/aromatic N) is 2. The molecule has 6 heteroatoms. The molecule has 2 aromatic rings. The first-order chi connectivity index (χ1) is 12.2. The Morgan fingerprint density at radius 3 is 2.72 bits per heavy atom. The number of benzene rings is 1. The molecule has 1 fully saturated rings. The number of carbonyl (C=O) groups excluding carboxylic acids is 1. The molecule has 1 saturated carbocycles. The Morgan fingerprint density at radius 1 is 1.28 bits per heavy atom. The molecule has 0 radical (unpaired) electrons. The highest BCUT2D eigenvalue weighted by molar-refractivity contribution is 9.10. The van der Waals surface area contributed by atoms with Crippen molar-refractivity contribution in [2.45, 2.75) is 37.8 Å². The van der Waals surface area contributed by atoms with Crippen molar-refractivity contribution in [3.63, 3.8) is 0 Å². The van der Waals surface area contributed by atoms with Gasteiger partial charge < -0.3 is 10.1 Å². The molecule has 1 N–H and O–H groups in total. The zero-order valence-electron chi connectivity index (χ0n) is 13.6.